The Kier molecular flexibility index (Phi) is 7.47. The number of amides is 1. The fourth-order valence-electron chi connectivity index (χ4n) is 3.96. The zero-order chi connectivity index (χ0) is 21.7. The van der Waals surface area contributed by atoms with Crippen molar-refractivity contribution < 1.29 is 19.0 Å². The third kappa shape index (κ3) is 5.38. The van der Waals surface area contributed by atoms with Gasteiger partial charge >= 0.3 is 0 Å². The lowest BCUT2D eigenvalue weighted by Gasteiger charge is -2.32. The summed E-state index contributed by atoms with van der Waals surface area (Å²) in [4.78, 5) is 14.8. The number of hydrogen-bond acceptors (Lipinski definition) is 4. The molecule has 30 heavy (non-hydrogen) atoms. The fraction of sp³-hybridized carbons (Fsp3) is 0.435. The predicted octanol–water partition coefficient (Wildman–Crippen LogP) is 3.90. The largest absolute Gasteiger partial charge is 0.378 e. The molecule has 2 aromatic carbocycles. The first kappa shape index (κ1) is 22.7. The van der Waals surface area contributed by atoms with Gasteiger partial charge in [-0.2, -0.15) is 0 Å². The van der Waals surface area contributed by atoms with E-state index in [0.717, 1.165) is 5.56 Å². The van der Waals surface area contributed by atoms with Crippen molar-refractivity contribution in [3.8, 4) is 0 Å². The Hall–Kier alpha value is -1.99. The molecule has 0 radical (unpaired) electrons. The maximum absolute atomic E-state index is 13.4. The van der Waals surface area contributed by atoms with Gasteiger partial charge in [0.1, 0.15) is 5.82 Å². The topological polar surface area (TPSA) is 61.8 Å². The van der Waals surface area contributed by atoms with Crippen molar-refractivity contribution in [3.63, 3.8) is 0 Å². The summed E-state index contributed by atoms with van der Waals surface area (Å²) in [5.41, 5.74) is 0.209. The highest BCUT2D eigenvalue weighted by Crippen LogP contribution is 2.35. The molecule has 1 aliphatic rings. The first-order chi connectivity index (χ1) is 14.3. The lowest BCUT2D eigenvalue weighted by atomic mass is 9.94. The number of nitrogens with one attached hydrogen (secondary N) is 1. The van der Waals surface area contributed by atoms with Gasteiger partial charge in [-0.25, -0.2) is 4.39 Å². The van der Waals surface area contributed by atoms with Crippen LogP contribution in [0.4, 0.5) is 4.39 Å². The highest BCUT2D eigenvalue weighted by Gasteiger charge is 2.48. The molecule has 0 bridgehead atoms. The van der Waals surface area contributed by atoms with Gasteiger partial charge in [0, 0.05) is 24.5 Å². The molecule has 2 N–H and O–H groups in total. The van der Waals surface area contributed by atoms with E-state index in [1.54, 1.807) is 11.0 Å². The van der Waals surface area contributed by atoms with Crippen molar-refractivity contribution >= 4 is 17.5 Å². The van der Waals surface area contributed by atoms with Crippen LogP contribution in [0.2, 0.25) is 5.02 Å². The zero-order valence-electron chi connectivity index (χ0n) is 17.3. The molecule has 5 nitrogen and oxygen atoms in total. The number of hydrogen-bond donors (Lipinski definition) is 2. The fourth-order valence-corrected chi connectivity index (χ4v) is 4.20. The van der Waals surface area contributed by atoms with E-state index in [9.17, 15) is 14.3 Å². The minimum absolute atomic E-state index is 0.0939. The smallest absolute Gasteiger partial charge is 0.257 e. The normalized spacial score (nSPS) is 20.2. The summed E-state index contributed by atoms with van der Waals surface area (Å²) in [7, 11) is 0. The van der Waals surface area contributed by atoms with Crippen LogP contribution in [0.3, 0.4) is 0 Å². The number of likely N-dealkylation sites (tertiary alicyclic amines) is 1. The van der Waals surface area contributed by atoms with E-state index in [1.165, 1.54) is 12.1 Å². The molecule has 1 aliphatic heterocycles. The van der Waals surface area contributed by atoms with Gasteiger partial charge in [0.2, 0.25) is 0 Å². The average molecular weight is 435 g/mol. The van der Waals surface area contributed by atoms with Crippen molar-refractivity contribution in [2.24, 2.45) is 5.92 Å². The van der Waals surface area contributed by atoms with Gasteiger partial charge in [-0.15, -0.1) is 0 Å². The van der Waals surface area contributed by atoms with E-state index < -0.39 is 11.4 Å². The Labute approximate surface area is 181 Å². The molecular weight excluding hydrogens is 407 g/mol. The van der Waals surface area contributed by atoms with E-state index in [4.69, 9.17) is 16.3 Å². The highest BCUT2D eigenvalue weighted by atomic mass is 35.5. The number of benzene rings is 2. The quantitative estimate of drug-likeness (QED) is 0.464. The number of carbonyl (C=O) groups is 1. The Morgan fingerprint density at radius 1 is 1.27 bits per heavy atom. The minimum Gasteiger partial charge on any atom is -0.378 e. The van der Waals surface area contributed by atoms with Crippen LogP contribution in [0.15, 0.2) is 48.5 Å². The number of rotatable bonds is 9. The van der Waals surface area contributed by atoms with Crippen molar-refractivity contribution in [3.05, 3.63) is 70.5 Å². The number of halogens is 2. The molecule has 3 rings (SSSR count). The molecule has 2 atom stereocenters. The second-order valence-electron chi connectivity index (χ2n) is 8.08. The zero-order valence-corrected chi connectivity index (χ0v) is 18.0. The monoisotopic (exact) mass is 434 g/mol. The van der Waals surface area contributed by atoms with Crippen LogP contribution in [-0.4, -0.2) is 41.4 Å². The minimum atomic E-state index is -1.54. The van der Waals surface area contributed by atoms with Gasteiger partial charge < -0.3 is 14.7 Å². The summed E-state index contributed by atoms with van der Waals surface area (Å²) < 4.78 is 18.9. The Balaban J connectivity index is 1.53. The molecule has 2 aromatic rings. The number of carbonyl (C=O) groups excluding carboxylic acids is 1. The number of ether oxygens (including phenoxy) is 1. The highest BCUT2D eigenvalue weighted by molar-refractivity contribution is 6.30. The summed E-state index contributed by atoms with van der Waals surface area (Å²) in [6.45, 7) is 5.00. The lowest BCUT2D eigenvalue weighted by Crippen LogP contribution is -2.46. The van der Waals surface area contributed by atoms with Crippen LogP contribution < -0.4 is 5.32 Å². The SMILES string of the molecule is CC(C)[C@@H](c1ccccc1)N1CC[C@@](O)(COCNCc2cc(F)cc(Cl)c2)C1=O. The second kappa shape index (κ2) is 9.88. The summed E-state index contributed by atoms with van der Waals surface area (Å²) in [6, 6.07) is 14.1. The Morgan fingerprint density at radius 2 is 2.00 bits per heavy atom. The molecule has 0 aromatic heterocycles. The molecule has 1 heterocycles. The Bertz CT molecular complexity index is 845. The van der Waals surface area contributed by atoms with Gasteiger partial charge in [-0.3, -0.25) is 10.1 Å². The molecular formula is C23H28ClFN2O3. The van der Waals surface area contributed by atoms with Crippen molar-refractivity contribution in [1.29, 1.82) is 0 Å². The van der Waals surface area contributed by atoms with Crippen molar-refractivity contribution in [2.75, 3.05) is 19.9 Å². The van der Waals surface area contributed by atoms with Crippen LogP contribution in [0, 0.1) is 11.7 Å². The number of nitrogens with zero attached hydrogens (tertiary/aromatic N) is 1. The van der Waals surface area contributed by atoms with Gasteiger partial charge in [0.15, 0.2) is 5.60 Å². The van der Waals surface area contributed by atoms with E-state index in [2.05, 4.69) is 19.2 Å². The van der Waals surface area contributed by atoms with Crippen LogP contribution in [-0.2, 0) is 16.1 Å². The molecule has 0 unspecified atom stereocenters. The lowest BCUT2D eigenvalue weighted by molar-refractivity contribution is -0.151. The third-order valence-corrected chi connectivity index (χ3v) is 5.55. The first-order valence-electron chi connectivity index (χ1n) is 10.1. The maximum Gasteiger partial charge on any atom is 0.257 e. The van der Waals surface area contributed by atoms with Crippen molar-refractivity contribution in [2.45, 2.75) is 38.5 Å². The molecule has 0 aliphatic carbocycles. The molecule has 1 saturated heterocycles. The maximum atomic E-state index is 13.4. The predicted molar refractivity (Wildman–Crippen MR) is 114 cm³/mol. The van der Waals surface area contributed by atoms with Gasteiger partial charge in [0.05, 0.1) is 19.4 Å². The molecule has 0 spiro atoms. The van der Waals surface area contributed by atoms with Crippen LogP contribution in [0.1, 0.15) is 37.4 Å². The van der Waals surface area contributed by atoms with E-state index in [1.807, 2.05) is 30.3 Å². The Morgan fingerprint density at radius 3 is 2.67 bits per heavy atom. The van der Waals surface area contributed by atoms with Crippen molar-refractivity contribution in [1.82, 2.24) is 10.2 Å². The van der Waals surface area contributed by atoms with Crippen LogP contribution in [0.25, 0.3) is 0 Å². The standard InChI is InChI=1S/C23H28ClFN2O3/c1-16(2)21(18-6-4-3-5-7-18)27-9-8-23(29,22(27)28)14-30-15-26-13-17-10-19(24)12-20(25)11-17/h3-7,10-12,16,21,26,29H,8-9,13-15H2,1-2H3/t21-,23+/m0/s1. The van der Waals surface area contributed by atoms with Gasteiger partial charge in [-0.1, -0.05) is 55.8 Å². The molecule has 0 saturated carbocycles. The summed E-state index contributed by atoms with van der Waals surface area (Å²) in [5.74, 6) is -0.495. The van der Waals surface area contributed by atoms with Crippen LogP contribution in [0.5, 0.6) is 0 Å². The summed E-state index contributed by atoms with van der Waals surface area (Å²) in [6.07, 6.45) is 0.321. The summed E-state index contributed by atoms with van der Waals surface area (Å²) >= 11 is 5.84. The molecule has 1 fully saturated rings. The first-order valence-corrected chi connectivity index (χ1v) is 10.5. The average Bonchev–Trinajstić information content (AvgIpc) is 2.97. The molecule has 7 heteroatoms. The molecule has 162 valence electrons. The second-order valence-corrected chi connectivity index (χ2v) is 8.51. The van der Waals surface area contributed by atoms with Crippen LogP contribution >= 0.6 is 11.6 Å². The third-order valence-electron chi connectivity index (χ3n) is 5.33. The number of aliphatic hydroxyl groups is 1. The molecule has 1 amide bonds. The van der Waals surface area contributed by atoms with E-state index >= 15 is 0 Å². The van der Waals surface area contributed by atoms with E-state index in [0.29, 0.717) is 30.1 Å². The van der Waals surface area contributed by atoms with Gasteiger partial charge in [-0.05, 0) is 35.2 Å². The van der Waals surface area contributed by atoms with E-state index in [-0.39, 0.29) is 31.2 Å². The van der Waals surface area contributed by atoms with Gasteiger partial charge in [0.25, 0.3) is 5.91 Å². The summed E-state index contributed by atoms with van der Waals surface area (Å²) in [5, 5.41) is 14.2.